The van der Waals surface area contributed by atoms with Crippen molar-refractivity contribution in [3.8, 4) is 11.4 Å². The Hall–Kier alpha value is -3.00. The van der Waals surface area contributed by atoms with Crippen molar-refractivity contribution in [3.05, 3.63) is 59.1 Å². The maximum atomic E-state index is 5.49. The van der Waals surface area contributed by atoms with Gasteiger partial charge < -0.3 is 4.74 Å². The summed E-state index contributed by atoms with van der Waals surface area (Å²) in [6.45, 7) is 3.05. The van der Waals surface area contributed by atoms with E-state index in [4.69, 9.17) is 17.0 Å². The molecule has 25 heavy (non-hydrogen) atoms. The topological polar surface area (TPSA) is 73.6 Å². The standard InChI is InChI=1S/C17H16N6OS/c1-2-24-13-9-7-12(8-10-13)23-16(19-20-17(23)25)11-22-15-6-4-3-5-14(15)18-21-22/h3-10H,2,11H2,1H3,(H,20,25). The molecule has 0 saturated carbocycles. The minimum absolute atomic E-state index is 0.459. The van der Waals surface area contributed by atoms with Crippen molar-refractivity contribution in [3.63, 3.8) is 0 Å². The van der Waals surface area contributed by atoms with E-state index < -0.39 is 0 Å². The molecule has 0 aliphatic rings. The first-order valence-corrected chi connectivity index (χ1v) is 8.35. The molecule has 0 saturated heterocycles. The Morgan fingerprint density at radius 2 is 1.92 bits per heavy atom. The quantitative estimate of drug-likeness (QED) is 0.559. The molecule has 0 aliphatic carbocycles. The molecule has 8 heteroatoms. The lowest BCUT2D eigenvalue weighted by atomic mass is 10.3. The zero-order valence-corrected chi connectivity index (χ0v) is 14.4. The van der Waals surface area contributed by atoms with Crippen molar-refractivity contribution in [2.75, 3.05) is 6.61 Å². The Labute approximate surface area is 148 Å². The summed E-state index contributed by atoms with van der Waals surface area (Å²) in [5.74, 6) is 1.58. The third-order valence-electron chi connectivity index (χ3n) is 3.86. The SMILES string of the molecule is CCOc1ccc(-n2c(Cn3nnc4ccccc43)n[nH]c2=S)cc1. The highest BCUT2D eigenvalue weighted by molar-refractivity contribution is 7.71. The van der Waals surface area contributed by atoms with Crippen LogP contribution in [-0.4, -0.2) is 36.4 Å². The highest BCUT2D eigenvalue weighted by Gasteiger charge is 2.12. The fourth-order valence-corrected chi connectivity index (χ4v) is 2.98. The number of aromatic amines is 1. The normalized spacial score (nSPS) is 11.1. The number of rotatable bonds is 5. The molecule has 0 bridgehead atoms. The van der Waals surface area contributed by atoms with Crippen LogP contribution in [-0.2, 0) is 6.54 Å². The highest BCUT2D eigenvalue weighted by Crippen LogP contribution is 2.18. The van der Waals surface area contributed by atoms with Crippen molar-refractivity contribution in [2.45, 2.75) is 13.5 Å². The van der Waals surface area contributed by atoms with Crippen LogP contribution in [0.25, 0.3) is 16.7 Å². The number of aromatic nitrogens is 6. The van der Waals surface area contributed by atoms with E-state index in [2.05, 4.69) is 20.5 Å². The molecule has 2 heterocycles. The molecule has 126 valence electrons. The van der Waals surface area contributed by atoms with Gasteiger partial charge in [-0.2, -0.15) is 5.10 Å². The first-order valence-electron chi connectivity index (χ1n) is 7.94. The van der Waals surface area contributed by atoms with E-state index in [0.717, 1.165) is 28.3 Å². The van der Waals surface area contributed by atoms with Gasteiger partial charge in [-0.3, -0.25) is 9.67 Å². The van der Waals surface area contributed by atoms with Gasteiger partial charge in [0.15, 0.2) is 10.6 Å². The minimum atomic E-state index is 0.459. The van der Waals surface area contributed by atoms with Crippen molar-refractivity contribution in [1.29, 1.82) is 0 Å². The molecular formula is C17H16N6OS. The van der Waals surface area contributed by atoms with Gasteiger partial charge in [0.05, 0.1) is 12.1 Å². The van der Waals surface area contributed by atoms with Crippen LogP contribution in [0.1, 0.15) is 12.7 Å². The summed E-state index contributed by atoms with van der Waals surface area (Å²) < 4.78 is 9.72. The van der Waals surface area contributed by atoms with Crippen LogP contribution in [0, 0.1) is 4.77 Å². The predicted octanol–water partition coefficient (Wildman–Crippen LogP) is 3.12. The molecule has 0 aliphatic heterocycles. The number of fused-ring (bicyclic) bond motifs is 1. The molecule has 0 atom stereocenters. The van der Waals surface area contributed by atoms with E-state index in [1.165, 1.54) is 0 Å². The van der Waals surface area contributed by atoms with E-state index in [0.29, 0.717) is 17.9 Å². The van der Waals surface area contributed by atoms with Crippen LogP contribution < -0.4 is 4.74 Å². The lowest BCUT2D eigenvalue weighted by Gasteiger charge is -2.09. The molecule has 0 unspecified atom stereocenters. The maximum Gasteiger partial charge on any atom is 0.199 e. The van der Waals surface area contributed by atoms with Crippen LogP contribution in [0.2, 0.25) is 0 Å². The summed E-state index contributed by atoms with van der Waals surface area (Å²) in [6.07, 6.45) is 0. The summed E-state index contributed by atoms with van der Waals surface area (Å²) in [4.78, 5) is 0. The van der Waals surface area contributed by atoms with Crippen LogP contribution in [0.5, 0.6) is 5.75 Å². The van der Waals surface area contributed by atoms with E-state index in [-0.39, 0.29) is 0 Å². The molecule has 4 aromatic rings. The third-order valence-corrected chi connectivity index (χ3v) is 4.13. The smallest absolute Gasteiger partial charge is 0.199 e. The maximum absolute atomic E-state index is 5.49. The Morgan fingerprint density at radius 1 is 1.12 bits per heavy atom. The monoisotopic (exact) mass is 352 g/mol. The first-order chi connectivity index (χ1) is 12.3. The minimum Gasteiger partial charge on any atom is -0.494 e. The Bertz CT molecular complexity index is 1060. The second-order valence-corrected chi connectivity index (χ2v) is 5.83. The Balaban J connectivity index is 1.71. The third kappa shape index (κ3) is 2.91. The fraction of sp³-hybridized carbons (Fsp3) is 0.176. The lowest BCUT2D eigenvalue weighted by Crippen LogP contribution is -2.09. The van der Waals surface area contributed by atoms with E-state index >= 15 is 0 Å². The van der Waals surface area contributed by atoms with Crippen molar-refractivity contribution in [1.82, 2.24) is 29.8 Å². The highest BCUT2D eigenvalue weighted by atomic mass is 32.1. The van der Waals surface area contributed by atoms with E-state index in [1.807, 2.05) is 64.7 Å². The molecule has 0 amide bonds. The van der Waals surface area contributed by atoms with E-state index in [1.54, 1.807) is 0 Å². The Kier molecular flexibility index (Phi) is 4.02. The van der Waals surface area contributed by atoms with Crippen molar-refractivity contribution >= 4 is 23.3 Å². The lowest BCUT2D eigenvalue weighted by molar-refractivity contribution is 0.340. The van der Waals surface area contributed by atoms with Crippen LogP contribution in [0.15, 0.2) is 48.5 Å². The van der Waals surface area contributed by atoms with Crippen LogP contribution in [0.3, 0.4) is 0 Å². The molecule has 2 aromatic heterocycles. The predicted molar refractivity (Wildman–Crippen MR) is 96.5 cm³/mol. The molecule has 7 nitrogen and oxygen atoms in total. The molecule has 0 fully saturated rings. The molecule has 1 N–H and O–H groups in total. The largest absolute Gasteiger partial charge is 0.494 e. The first kappa shape index (κ1) is 15.5. The summed E-state index contributed by atoms with van der Waals surface area (Å²) in [7, 11) is 0. The van der Waals surface area contributed by atoms with Crippen molar-refractivity contribution < 1.29 is 4.74 Å². The molecule has 0 spiro atoms. The Morgan fingerprint density at radius 3 is 2.72 bits per heavy atom. The summed E-state index contributed by atoms with van der Waals surface area (Å²) in [6, 6.07) is 15.6. The van der Waals surface area contributed by atoms with Gasteiger partial charge in [0.2, 0.25) is 0 Å². The van der Waals surface area contributed by atoms with Crippen molar-refractivity contribution in [2.24, 2.45) is 0 Å². The number of H-pyrrole nitrogens is 1. The summed E-state index contributed by atoms with van der Waals surface area (Å²) in [5, 5.41) is 15.6. The second-order valence-electron chi connectivity index (χ2n) is 5.44. The second kappa shape index (κ2) is 6.48. The molecular weight excluding hydrogens is 336 g/mol. The zero-order valence-electron chi connectivity index (χ0n) is 13.6. The molecule has 2 aromatic carbocycles. The average Bonchev–Trinajstić information content (AvgIpc) is 3.21. The average molecular weight is 352 g/mol. The van der Waals surface area contributed by atoms with Gasteiger partial charge in [-0.1, -0.05) is 17.3 Å². The number of hydrogen-bond donors (Lipinski definition) is 1. The zero-order chi connectivity index (χ0) is 17.2. The summed E-state index contributed by atoms with van der Waals surface area (Å²) in [5.41, 5.74) is 2.72. The number of para-hydroxylation sites is 1. The van der Waals surface area contributed by atoms with E-state index in [9.17, 15) is 0 Å². The number of hydrogen-bond acceptors (Lipinski definition) is 5. The number of ether oxygens (including phenoxy) is 1. The number of nitrogens with zero attached hydrogens (tertiary/aromatic N) is 5. The van der Waals surface area contributed by atoms with Crippen LogP contribution in [0.4, 0.5) is 0 Å². The number of nitrogens with one attached hydrogen (secondary N) is 1. The van der Waals surface area contributed by atoms with Gasteiger partial charge >= 0.3 is 0 Å². The van der Waals surface area contributed by atoms with Gasteiger partial charge in [0.25, 0.3) is 0 Å². The number of benzene rings is 2. The summed E-state index contributed by atoms with van der Waals surface area (Å²) >= 11 is 5.40. The van der Waals surface area contributed by atoms with Crippen LogP contribution >= 0.6 is 12.2 Å². The van der Waals surface area contributed by atoms with Gasteiger partial charge in [-0.05, 0) is 55.5 Å². The molecule has 0 radical (unpaired) electrons. The van der Waals surface area contributed by atoms with Gasteiger partial charge in [-0.25, -0.2) is 4.68 Å². The molecule has 4 rings (SSSR count). The van der Waals surface area contributed by atoms with Gasteiger partial charge in [0.1, 0.15) is 17.8 Å². The fourth-order valence-electron chi connectivity index (χ4n) is 2.73. The van der Waals surface area contributed by atoms with Gasteiger partial charge in [0, 0.05) is 5.69 Å². The van der Waals surface area contributed by atoms with Gasteiger partial charge in [-0.15, -0.1) is 5.10 Å².